The van der Waals surface area contributed by atoms with Gasteiger partial charge in [-0.1, -0.05) is 44.0 Å². The van der Waals surface area contributed by atoms with Crippen LogP contribution in [0, 0.1) is 5.41 Å². The summed E-state index contributed by atoms with van der Waals surface area (Å²) in [5.74, 6) is -0.367. The summed E-state index contributed by atoms with van der Waals surface area (Å²) in [6.07, 6.45) is 0.0893. The van der Waals surface area contributed by atoms with Gasteiger partial charge in [0.15, 0.2) is 5.13 Å². The molecule has 0 spiro atoms. The lowest BCUT2D eigenvalue weighted by atomic mass is 9.96. The van der Waals surface area contributed by atoms with Gasteiger partial charge in [0, 0.05) is 26.5 Å². The number of hydrogen-bond donors (Lipinski definition) is 2. The SMILES string of the molecule is CC(C)(C)C(=O)Nc1nc(CC(=O)Nc2cc(Cl)cc(Cl)c2)cs1. The zero-order chi connectivity index (χ0) is 17.9. The average molecular weight is 386 g/mol. The molecule has 2 aromatic rings. The Kier molecular flexibility index (Phi) is 5.85. The Balaban J connectivity index is 1.96. The van der Waals surface area contributed by atoms with Crippen molar-refractivity contribution in [3.63, 3.8) is 0 Å². The Morgan fingerprint density at radius 1 is 1.12 bits per heavy atom. The van der Waals surface area contributed by atoms with E-state index >= 15 is 0 Å². The van der Waals surface area contributed by atoms with E-state index in [0.717, 1.165) is 0 Å². The highest BCUT2D eigenvalue weighted by molar-refractivity contribution is 7.13. The van der Waals surface area contributed by atoms with Crippen LogP contribution in [0.2, 0.25) is 10.0 Å². The number of nitrogens with zero attached hydrogens (tertiary/aromatic N) is 1. The second-order valence-corrected chi connectivity index (χ2v) is 7.96. The van der Waals surface area contributed by atoms with Crippen molar-refractivity contribution >= 4 is 57.2 Å². The Labute approximate surface area is 154 Å². The lowest BCUT2D eigenvalue weighted by molar-refractivity contribution is -0.123. The predicted molar refractivity (Wildman–Crippen MR) is 99.0 cm³/mol. The maximum atomic E-state index is 12.1. The quantitative estimate of drug-likeness (QED) is 0.806. The Morgan fingerprint density at radius 2 is 1.75 bits per heavy atom. The number of amides is 2. The van der Waals surface area contributed by atoms with E-state index in [1.54, 1.807) is 23.6 Å². The van der Waals surface area contributed by atoms with Gasteiger partial charge in [-0.15, -0.1) is 11.3 Å². The molecular weight excluding hydrogens is 369 g/mol. The van der Waals surface area contributed by atoms with Crippen molar-refractivity contribution < 1.29 is 9.59 Å². The van der Waals surface area contributed by atoms with Crippen molar-refractivity contribution in [2.75, 3.05) is 10.6 Å². The van der Waals surface area contributed by atoms with Crippen molar-refractivity contribution in [1.29, 1.82) is 0 Å². The third-order valence-electron chi connectivity index (χ3n) is 2.94. The molecule has 0 atom stereocenters. The van der Waals surface area contributed by atoms with Crippen molar-refractivity contribution in [3.8, 4) is 0 Å². The van der Waals surface area contributed by atoms with Gasteiger partial charge >= 0.3 is 0 Å². The van der Waals surface area contributed by atoms with Crippen LogP contribution in [0.3, 0.4) is 0 Å². The molecule has 0 bridgehead atoms. The van der Waals surface area contributed by atoms with Crippen LogP contribution < -0.4 is 10.6 Å². The summed E-state index contributed by atoms with van der Waals surface area (Å²) in [6.45, 7) is 5.46. The van der Waals surface area contributed by atoms with E-state index in [0.29, 0.717) is 26.6 Å². The van der Waals surface area contributed by atoms with E-state index in [2.05, 4.69) is 15.6 Å². The normalized spacial score (nSPS) is 11.2. The van der Waals surface area contributed by atoms with Crippen molar-refractivity contribution in [3.05, 3.63) is 39.3 Å². The molecule has 2 N–H and O–H groups in total. The zero-order valence-electron chi connectivity index (χ0n) is 13.4. The summed E-state index contributed by atoms with van der Waals surface area (Å²) in [7, 11) is 0. The molecule has 0 aliphatic carbocycles. The number of nitrogens with one attached hydrogen (secondary N) is 2. The number of benzene rings is 1. The molecule has 2 amide bonds. The fraction of sp³-hybridized carbons (Fsp3) is 0.312. The maximum Gasteiger partial charge on any atom is 0.231 e. The second-order valence-electron chi connectivity index (χ2n) is 6.23. The molecule has 0 radical (unpaired) electrons. The fourth-order valence-corrected chi connectivity index (χ4v) is 2.96. The summed E-state index contributed by atoms with van der Waals surface area (Å²) in [5.41, 5.74) is 0.596. The highest BCUT2D eigenvalue weighted by atomic mass is 35.5. The molecular formula is C16H17Cl2N3O2S. The molecule has 24 heavy (non-hydrogen) atoms. The molecule has 5 nitrogen and oxygen atoms in total. The van der Waals surface area contributed by atoms with Crippen LogP contribution in [0.1, 0.15) is 26.5 Å². The van der Waals surface area contributed by atoms with Gasteiger partial charge in [-0.25, -0.2) is 4.98 Å². The molecule has 2 rings (SSSR count). The highest BCUT2D eigenvalue weighted by Crippen LogP contribution is 2.23. The number of carbonyl (C=O) groups excluding carboxylic acids is 2. The first kappa shape index (κ1) is 18.7. The number of anilines is 2. The topological polar surface area (TPSA) is 71.1 Å². The molecule has 8 heteroatoms. The van der Waals surface area contributed by atoms with Crippen molar-refractivity contribution in [2.45, 2.75) is 27.2 Å². The van der Waals surface area contributed by atoms with Crippen LogP contribution in [0.4, 0.5) is 10.8 Å². The molecule has 1 aromatic heterocycles. The molecule has 0 unspecified atom stereocenters. The number of carbonyl (C=O) groups is 2. The van der Waals surface area contributed by atoms with Crippen LogP contribution in [-0.2, 0) is 16.0 Å². The van der Waals surface area contributed by atoms with E-state index in [4.69, 9.17) is 23.2 Å². The minimum atomic E-state index is -0.505. The van der Waals surface area contributed by atoms with E-state index in [1.165, 1.54) is 11.3 Å². The summed E-state index contributed by atoms with van der Waals surface area (Å²) in [4.78, 5) is 28.3. The second kappa shape index (κ2) is 7.51. The van der Waals surface area contributed by atoms with Gasteiger partial charge < -0.3 is 10.6 Å². The van der Waals surface area contributed by atoms with Gasteiger partial charge in [0.2, 0.25) is 11.8 Å². The monoisotopic (exact) mass is 385 g/mol. The van der Waals surface area contributed by atoms with Crippen LogP contribution in [0.5, 0.6) is 0 Å². The van der Waals surface area contributed by atoms with E-state index in [9.17, 15) is 9.59 Å². The lowest BCUT2D eigenvalue weighted by Crippen LogP contribution is -2.27. The van der Waals surface area contributed by atoms with E-state index in [1.807, 2.05) is 20.8 Å². The molecule has 0 aliphatic rings. The number of halogens is 2. The standard InChI is InChI=1S/C16H17Cl2N3O2S/c1-16(2,3)14(23)21-15-20-12(8-24-15)7-13(22)19-11-5-9(17)4-10(18)6-11/h4-6,8H,7H2,1-3H3,(H,19,22)(H,20,21,23). The van der Waals surface area contributed by atoms with Gasteiger partial charge in [0.05, 0.1) is 12.1 Å². The molecule has 1 aromatic carbocycles. The van der Waals surface area contributed by atoms with Gasteiger partial charge in [-0.2, -0.15) is 0 Å². The third-order valence-corrected chi connectivity index (χ3v) is 4.18. The van der Waals surface area contributed by atoms with Crippen LogP contribution >= 0.6 is 34.5 Å². The Bertz CT molecular complexity index is 749. The number of hydrogen-bond acceptors (Lipinski definition) is 4. The number of thiazole rings is 1. The minimum absolute atomic E-state index is 0.0893. The van der Waals surface area contributed by atoms with Gasteiger partial charge in [0.25, 0.3) is 0 Å². The maximum absolute atomic E-state index is 12.1. The largest absolute Gasteiger partial charge is 0.326 e. The molecule has 128 valence electrons. The predicted octanol–water partition coefficient (Wildman–Crippen LogP) is 4.62. The number of aromatic nitrogens is 1. The molecule has 1 heterocycles. The molecule has 0 saturated carbocycles. The zero-order valence-corrected chi connectivity index (χ0v) is 15.8. The summed E-state index contributed by atoms with van der Waals surface area (Å²) < 4.78 is 0. The van der Waals surface area contributed by atoms with Gasteiger partial charge in [0.1, 0.15) is 0 Å². The average Bonchev–Trinajstić information content (AvgIpc) is 2.83. The van der Waals surface area contributed by atoms with Crippen molar-refractivity contribution in [2.24, 2.45) is 5.41 Å². The van der Waals surface area contributed by atoms with E-state index < -0.39 is 5.41 Å². The molecule has 0 saturated heterocycles. The Hall–Kier alpha value is -1.63. The summed E-state index contributed by atoms with van der Waals surface area (Å²) in [6, 6.07) is 4.81. The minimum Gasteiger partial charge on any atom is -0.326 e. The highest BCUT2D eigenvalue weighted by Gasteiger charge is 2.22. The Morgan fingerprint density at radius 3 is 2.33 bits per heavy atom. The lowest BCUT2D eigenvalue weighted by Gasteiger charge is -2.15. The third kappa shape index (κ3) is 5.47. The summed E-state index contributed by atoms with van der Waals surface area (Å²) >= 11 is 13.1. The van der Waals surface area contributed by atoms with Crippen LogP contribution in [0.25, 0.3) is 0 Å². The van der Waals surface area contributed by atoms with Gasteiger partial charge in [-0.3, -0.25) is 9.59 Å². The van der Waals surface area contributed by atoms with Crippen molar-refractivity contribution in [1.82, 2.24) is 4.98 Å². The molecule has 0 aliphatic heterocycles. The smallest absolute Gasteiger partial charge is 0.231 e. The van der Waals surface area contributed by atoms with Crippen LogP contribution in [-0.4, -0.2) is 16.8 Å². The van der Waals surface area contributed by atoms with E-state index in [-0.39, 0.29) is 18.2 Å². The number of rotatable bonds is 4. The first-order valence-corrected chi connectivity index (χ1v) is 8.79. The fourth-order valence-electron chi connectivity index (χ4n) is 1.73. The van der Waals surface area contributed by atoms with Gasteiger partial charge in [-0.05, 0) is 18.2 Å². The first-order valence-electron chi connectivity index (χ1n) is 7.15. The summed E-state index contributed by atoms with van der Waals surface area (Å²) in [5, 5.41) is 8.56. The molecule has 0 fully saturated rings. The first-order chi connectivity index (χ1) is 11.1. The van der Waals surface area contributed by atoms with Crippen LogP contribution in [0.15, 0.2) is 23.6 Å².